The first kappa shape index (κ1) is 13.9. The SMILES string of the molecule is CCC1CCN(C(=O)C2(C(C)C)CCNC2)CC1. The number of hydrogen-bond acceptors (Lipinski definition) is 2. The zero-order chi connectivity index (χ0) is 13.2. The first-order valence-electron chi connectivity index (χ1n) is 7.60. The van der Waals surface area contributed by atoms with E-state index in [1.54, 1.807) is 0 Å². The van der Waals surface area contributed by atoms with E-state index in [1.165, 1.54) is 19.3 Å². The van der Waals surface area contributed by atoms with Crippen LogP contribution in [0.25, 0.3) is 0 Å². The lowest BCUT2D eigenvalue weighted by Crippen LogP contribution is -2.50. The third-order valence-electron chi connectivity index (χ3n) is 5.20. The summed E-state index contributed by atoms with van der Waals surface area (Å²) in [6, 6.07) is 0. The van der Waals surface area contributed by atoms with E-state index in [4.69, 9.17) is 0 Å². The minimum absolute atomic E-state index is 0.126. The van der Waals surface area contributed by atoms with E-state index < -0.39 is 0 Å². The summed E-state index contributed by atoms with van der Waals surface area (Å²) >= 11 is 0. The van der Waals surface area contributed by atoms with Gasteiger partial charge in [0, 0.05) is 19.6 Å². The van der Waals surface area contributed by atoms with Gasteiger partial charge in [0.05, 0.1) is 5.41 Å². The molecule has 2 aliphatic heterocycles. The molecule has 1 unspecified atom stereocenters. The summed E-state index contributed by atoms with van der Waals surface area (Å²) in [5, 5.41) is 3.39. The van der Waals surface area contributed by atoms with Gasteiger partial charge in [0.15, 0.2) is 0 Å². The van der Waals surface area contributed by atoms with E-state index in [9.17, 15) is 4.79 Å². The molecule has 1 amide bonds. The standard InChI is InChI=1S/C15H28N2O/c1-4-13-5-9-17(10-6-13)14(18)15(12(2)3)7-8-16-11-15/h12-13,16H,4-11H2,1-3H3. The van der Waals surface area contributed by atoms with Crippen LogP contribution in [-0.2, 0) is 4.79 Å². The zero-order valence-corrected chi connectivity index (χ0v) is 12.2. The fourth-order valence-electron chi connectivity index (χ4n) is 3.49. The van der Waals surface area contributed by atoms with E-state index in [2.05, 4.69) is 31.0 Å². The minimum Gasteiger partial charge on any atom is -0.342 e. The second-order valence-electron chi connectivity index (χ2n) is 6.38. The van der Waals surface area contributed by atoms with Crippen LogP contribution < -0.4 is 5.32 Å². The number of rotatable bonds is 3. The number of likely N-dealkylation sites (tertiary alicyclic amines) is 1. The van der Waals surface area contributed by atoms with Crippen molar-refractivity contribution in [2.24, 2.45) is 17.3 Å². The van der Waals surface area contributed by atoms with Gasteiger partial charge in [-0.3, -0.25) is 4.79 Å². The molecular formula is C15H28N2O. The number of nitrogens with zero attached hydrogens (tertiary/aromatic N) is 1. The summed E-state index contributed by atoms with van der Waals surface area (Å²) in [7, 11) is 0. The molecule has 2 aliphatic rings. The van der Waals surface area contributed by atoms with E-state index in [1.807, 2.05) is 0 Å². The lowest BCUT2D eigenvalue weighted by molar-refractivity contribution is -0.145. The average molecular weight is 252 g/mol. The summed E-state index contributed by atoms with van der Waals surface area (Å²) in [4.78, 5) is 15.0. The zero-order valence-electron chi connectivity index (χ0n) is 12.2. The fourth-order valence-corrected chi connectivity index (χ4v) is 3.49. The Morgan fingerprint density at radius 3 is 2.50 bits per heavy atom. The van der Waals surface area contributed by atoms with Crippen molar-refractivity contribution in [1.29, 1.82) is 0 Å². The van der Waals surface area contributed by atoms with Crippen LogP contribution in [0.5, 0.6) is 0 Å². The van der Waals surface area contributed by atoms with Crippen molar-refractivity contribution in [1.82, 2.24) is 10.2 Å². The maximum absolute atomic E-state index is 12.8. The van der Waals surface area contributed by atoms with Crippen LogP contribution in [0.3, 0.4) is 0 Å². The third-order valence-corrected chi connectivity index (χ3v) is 5.20. The van der Waals surface area contributed by atoms with Crippen molar-refractivity contribution in [3.63, 3.8) is 0 Å². The highest BCUT2D eigenvalue weighted by molar-refractivity contribution is 5.83. The van der Waals surface area contributed by atoms with Crippen molar-refractivity contribution in [2.45, 2.75) is 46.5 Å². The van der Waals surface area contributed by atoms with Crippen molar-refractivity contribution in [3.05, 3.63) is 0 Å². The normalized spacial score (nSPS) is 30.1. The largest absolute Gasteiger partial charge is 0.342 e. The second kappa shape index (κ2) is 5.60. The van der Waals surface area contributed by atoms with E-state index in [-0.39, 0.29) is 5.41 Å². The molecule has 0 aromatic heterocycles. The Morgan fingerprint density at radius 2 is 2.06 bits per heavy atom. The Hall–Kier alpha value is -0.570. The van der Waals surface area contributed by atoms with Crippen LogP contribution in [0, 0.1) is 17.3 Å². The van der Waals surface area contributed by atoms with Crippen molar-refractivity contribution < 1.29 is 4.79 Å². The van der Waals surface area contributed by atoms with E-state index >= 15 is 0 Å². The van der Waals surface area contributed by atoms with Crippen molar-refractivity contribution in [3.8, 4) is 0 Å². The molecule has 1 N–H and O–H groups in total. The highest BCUT2D eigenvalue weighted by atomic mass is 16.2. The Labute approximate surface area is 111 Å². The molecule has 0 saturated carbocycles. The Bertz CT molecular complexity index is 287. The molecule has 0 aromatic rings. The predicted octanol–water partition coefficient (Wildman–Crippen LogP) is 2.27. The molecule has 1 atom stereocenters. The van der Waals surface area contributed by atoms with E-state index in [0.29, 0.717) is 11.8 Å². The maximum Gasteiger partial charge on any atom is 0.230 e. The number of amides is 1. The molecule has 104 valence electrons. The van der Waals surface area contributed by atoms with Crippen molar-refractivity contribution in [2.75, 3.05) is 26.2 Å². The fraction of sp³-hybridized carbons (Fsp3) is 0.933. The van der Waals surface area contributed by atoms with Crippen LogP contribution in [0.15, 0.2) is 0 Å². The quantitative estimate of drug-likeness (QED) is 0.835. The molecular weight excluding hydrogens is 224 g/mol. The van der Waals surface area contributed by atoms with Crippen molar-refractivity contribution >= 4 is 5.91 Å². The summed E-state index contributed by atoms with van der Waals surface area (Å²) in [5.74, 6) is 1.69. The Morgan fingerprint density at radius 1 is 1.39 bits per heavy atom. The summed E-state index contributed by atoms with van der Waals surface area (Å²) in [6.45, 7) is 10.5. The lowest BCUT2D eigenvalue weighted by atomic mass is 9.74. The van der Waals surface area contributed by atoms with Gasteiger partial charge in [-0.15, -0.1) is 0 Å². The number of hydrogen-bond donors (Lipinski definition) is 1. The molecule has 2 fully saturated rings. The second-order valence-corrected chi connectivity index (χ2v) is 6.38. The van der Waals surface area contributed by atoms with Gasteiger partial charge in [-0.25, -0.2) is 0 Å². The summed E-state index contributed by atoms with van der Waals surface area (Å²) in [5.41, 5.74) is -0.126. The van der Waals surface area contributed by atoms with Gasteiger partial charge >= 0.3 is 0 Å². The first-order chi connectivity index (χ1) is 8.60. The molecule has 3 nitrogen and oxygen atoms in total. The molecule has 2 rings (SSSR count). The molecule has 0 aliphatic carbocycles. The molecule has 0 bridgehead atoms. The molecule has 0 spiro atoms. The number of carbonyl (C=O) groups is 1. The number of piperidine rings is 1. The minimum atomic E-state index is -0.126. The molecule has 0 aromatic carbocycles. The molecule has 2 saturated heterocycles. The van der Waals surface area contributed by atoms with Crippen LogP contribution in [0.1, 0.15) is 46.5 Å². The maximum atomic E-state index is 12.8. The highest BCUT2D eigenvalue weighted by Crippen LogP contribution is 2.37. The van der Waals surface area contributed by atoms with Crippen LogP contribution in [-0.4, -0.2) is 37.0 Å². The van der Waals surface area contributed by atoms with Gasteiger partial charge in [-0.05, 0) is 37.6 Å². The highest BCUT2D eigenvalue weighted by Gasteiger charge is 2.46. The summed E-state index contributed by atoms with van der Waals surface area (Å²) < 4.78 is 0. The topological polar surface area (TPSA) is 32.3 Å². The van der Waals surface area contributed by atoms with Crippen LogP contribution in [0.4, 0.5) is 0 Å². The smallest absolute Gasteiger partial charge is 0.230 e. The Kier molecular flexibility index (Phi) is 4.31. The van der Waals surface area contributed by atoms with Gasteiger partial charge in [0.1, 0.15) is 0 Å². The van der Waals surface area contributed by atoms with Gasteiger partial charge in [-0.2, -0.15) is 0 Å². The van der Waals surface area contributed by atoms with Crippen LogP contribution in [0.2, 0.25) is 0 Å². The van der Waals surface area contributed by atoms with Crippen LogP contribution >= 0.6 is 0 Å². The molecule has 3 heteroatoms. The molecule has 2 heterocycles. The predicted molar refractivity (Wildman–Crippen MR) is 74.4 cm³/mol. The van der Waals surface area contributed by atoms with Gasteiger partial charge in [-0.1, -0.05) is 27.2 Å². The number of nitrogens with one attached hydrogen (secondary N) is 1. The molecule has 0 radical (unpaired) electrons. The van der Waals surface area contributed by atoms with E-state index in [0.717, 1.165) is 38.5 Å². The van der Waals surface area contributed by atoms with Gasteiger partial charge in [0.2, 0.25) is 5.91 Å². The van der Waals surface area contributed by atoms with Gasteiger partial charge in [0.25, 0.3) is 0 Å². The summed E-state index contributed by atoms with van der Waals surface area (Å²) in [6.07, 6.45) is 4.67. The first-order valence-corrected chi connectivity index (χ1v) is 7.60. The number of carbonyl (C=O) groups excluding carboxylic acids is 1. The Balaban J connectivity index is 2.02. The monoisotopic (exact) mass is 252 g/mol. The lowest BCUT2D eigenvalue weighted by Gasteiger charge is -2.40. The molecule has 18 heavy (non-hydrogen) atoms. The van der Waals surface area contributed by atoms with Gasteiger partial charge < -0.3 is 10.2 Å². The third kappa shape index (κ3) is 2.42. The average Bonchev–Trinajstić information content (AvgIpc) is 2.88.